The van der Waals surface area contributed by atoms with E-state index in [1.54, 1.807) is 7.11 Å². The van der Waals surface area contributed by atoms with Crippen molar-refractivity contribution >= 4 is 22.9 Å². The topological polar surface area (TPSA) is 47.3 Å². The van der Waals surface area contributed by atoms with Crippen LogP contribution in [0.3, 0.4) is 0 Å². The fourth-order valence-corrected chi connectivity index (χ4v) is 2.37. The molecule has 21 heavy (non-hydrogen) atoms. The molecule has 0 spiro atoms. The summed E-state index contributed by atoms with van der Waals surface area (Å²) in [6.45, 7) is 4.13. The average molecular weight is 300 g/mol. The molecule has 2 aromatic rings. The Morgan fingerprint density at radius 2 is 1.86 bits per heavy atom. The molecular weight excluding hydrogens is 280 g/mol. The molecule has 0 saturated carbocycles. The molecule has 0 aromatic heterocycles. The van der Waals surface area contributed by atoms with Crippen LogP contribution in [0.15, 0.2) is 42.5 Å². The number of rotatable bonds is 5. The van der Waals surface area contributed by atoms with E-state index in [0.29, 0.717) is 4.99 Å². The number of nitrogens with two attached hydrogens (primary N) is 1. The molecule has 1 atom stereocenters. The standard InChI is InChI=1S/C17H20N2OS/c1-11-4-9-16(15(10-11)17(18)21)19-12(2)13-5-7-14(20-3)8-6-13/h4-10,12,19H,1-3H3,(H2,18,21). The third-order valence-corrected chi connectivity index (χ3v) is 3.65. The summed E-state index contributed by atoms with van der Waals surface area (Å²) < 4.78 is 5.18. The summed E-state index contributed by atoms with van der Waals surface area (Å²) in [5.74, 6) is 0.852. The number of aryl methyl sites for hydroxylation is 1. The first-order valence-corrected chi connectivity index (χ1v) is 7.23. The highest BCUT2D eigenvalue weighted by atomic mass is 32.1. The van der Waals surface area contributed by atoms with Crippen LogP contribution in [0, 0.1) is 6.92 Å². The Hall–Kier alpha value is -2.07. The second-order valence-electron chi connectivity index (χ2n) is 5.05. The van der Waals surface area contributed by atoms with Crippen molar-refractivity contribution in [2.24, 2.45) is 5.73 Å². The number of anilines is 1. The van der Waals surface area contributed by atoms with Crippen molar-refractivity contribution < 1.29 is 4.74 Å². The monoisotopic (exact) mass is 300 g/mol. The normalized spacial score (nSPS) is 11.8. The molecule has 0 heterocycles. The summed E-state index contributed by atoms with van der Waals surface area (Å²) in [4.78, 5) is 0.406. The number of methoxy groups -OCH3 is 1. The highest BCUT2D eigenvalue weighted by Crippen LogP contribution is 2.24. The van der Waals surface area contributed by atoms with Gasteiger partial charge >= 0.3 is 0 Å². The highest BCUT2D eigenvalue weighted by Gasteiger charge is 2.10. The zero-order valence-corrected chi connectivity index (χ0v) is 13.3. The van der Waals surface area contributed by atoms with Crippen molar-refractivity contribution in [2.45, 2.75) is 19.9 Å². The van der Waals surface area contributed by atoms with Gasteiger partial charge in [-0.05, 0) is 43.7 Å². The molecule has 0 amide bonds. The van der Waals surface area contributed by atoms with Crippen LogP contribution in [0.2, 0.25) is 0 Å². The van der Waals surface area contributed by atoms with Crippen molar-refractivity contribution in [1.82, 2.24) is 0 Å². The van der Waals surface area contributed by atoms with Crippen molar-refractivity contribution in [3.8, 4) is 5.75 Å². The SMILES string of the molecule is COc1ccc(C(C)Nc2ccc(C)cc2C(N)=S)cc1. The Balaban J connectivity index is 2.22. The molecule has 3 N–H and O–H groups in total. The number of thiocarbonyl (C=S) groups is 1. The molecule has 2 aromatic carbocycles. The van der Waals surface area contributed by atoms with Gasteiger partial charge in [-0.25, -0.2) is 0 Å². The lowest BCUT2D eigenvalue weighted by molar-refractivity contribution is 0.414. The molecule has 0 bridgehead atoms. The van der Waals surface area contributed by atoms with Gasteiger partial charge in [0.2, 0.25) is 0 Å². The molecule has 0 aliphatic heterocycles. The first kappa shape index (κ1) is 15.3. The Bertz CT molecular complexity index is 638. The average Bonchev–Trinajstić information content (AvgIpc) is 2.49. The molecular formula is C17H20N2OS. The summed E-state index contributed by atoms with van der Waals surface area (Å²) in [7, 11) is 1.66. The first-order chi connectivity index (χ1) is 10.0. The molecule has 1 unspecified atom stereocenters. The Kier molecular flexibility index (Phi) is 4.81. The molecule has 0 fully saturated rings. The van der Waals surface area contributed by atoms with Gasteiger partial charge in [0.05, 0.1) is 7.11 Å². The molecule has 3 nitrogen and oxygen atoms in total. The van der Waals surface area contributed by atoms with Gasteiger partial charge in [-0.15, -0.1) is 0 Å². The van der Waals surface area contributed by atoms with E-state index >= 15 is 0 Å². The fourth-order valence-electron chi connectivity index (χ4n) is 2.20. The zero-order chi connectivity index (χ0) is 15.4. The van der Waals surface area contributed by atoms with Crippen LogP contribution in [0.25, 0.3) is 0 Å². The van der Waals surface area contributed by atoms with Crippen molar-refractivity contribution in [3.63, 3.8) is 0 Å². The fraction of sp³-hybridized carbons (Fsp3) is 0.235. The minimum absolute atomic E-state index is 0.145. The quantitative estimate of drug-likeness (QED) is 0.824. The Labute approximate surface area is 131 Å². The predicted molar refractivity (Wildman–Crippen MR) is 92.1 cm³/mol. The van der Waals surface area contributed by atoms with E-state index in [1.165, 1.54) is 5.56 Å². The van der Waals surface area contributed by atoms with Crippen LogP contribution in [0.1, 0.15) is 29.7 Å². The van der Waals surface area contributed by atoms with Gasteiger partial charge in [0.15, 0.2) is 0 Å². The van der Waals surface area contributed by atoms with Crippen LogP contribution in [0.4, 0.5) is 5.69 Å². The van der Waals surface area contributed by atoms with E-state index in [2.05, 4.69) is 12.2 Å². The number of nitrogens with one attached hydrogen (secondary N) is 1. The third-order valence-electron chi connectivity index (χ3n) is 3.43. The Morgan fingerprint density at radius 1 is 1.19 bits per heavy atom. The van der Waals surface area contributed by atoms with Gasteiger partial charge in [0.25, 0.3) is 0 Å². The number of ether oxygens (including phenoxy) is 1. The lowest BCUT2D eigenvalue weighted by Gasteiger charge is -2.19. The second-order valence-corrected chi connectivity index (χ2v) is 5.49. The lowest BCUT2D eigenvalue weighted by atomic mass is 10.1. The molecule has 0 aliphatic rings. The van der Waals surface area contributed by atoms with Crippen LogP contribution >= 0.6 is 12.2 Å². The molecule has 0 aliphatic carbocycles. The van der Waals surface area contributed by atoms with Crippen molar-refractivity contribution in [1.29, 1.82) is 0 Å². The van der Waals surface area contributed by atoms with Crippen LogP contribution in [0.5, 0.6) is 5.75 Å². The molecule has 110 valence electrons. The maximum atomic E-state index is 5.81. The van der Waals surface area contributed by atoms with E-state index in [4.69, 9.17) is 22.7 Å². The predicted octanol–water partition coefficient (Wildman–Crippen LogP) is 3.81. The van der Waals surface area contributed by atoms with E-state index in [1.807, 2.05) is 49.4 Å². The zero-order valence-electron chi connectivity index (χ0n) is 12.5. The summed E-state index contributed by atoms with van der Waals surface area (Å²) >= 11 is 5.13. The molecule has 2 rings (SSSR count). The van der Waals surface area contributed by atoms with Crippen molar-refractivity contribution in [2.75, 3.05) is 12.4 Å². The molecule has 4 heteroatoms. The highest BCUT2D eigenvalue weighted by molar-refractivity contribution is 7.80. The summed E-state index contributed by atoms with van der Waals surface area (Å²) in [6.07, 6.45) is 0. The van der Waals surface area contributed by atoms with Gasteiger partial charge in [-0.3, -0.25) is 0 Å². The lowest BCUT2D eigenvalue weighted by Crippen LogP contribution is -2.15. The number of hydrogen-bond acceptors (Lipinski definition) is 3. The maximum absolute atomic E-state index is 5.81. The van der Waals surface area contributed by atoms with Crippen molar-refractivity contribution in [3.05, 3.63) is 59.2 Å². The second kappa shape index (κ2) is 6.59. The van der Waals surface area contributed by atoms with E-state index in [0.717, 1.165) is 22.6 Å². The smallest absolute Gasteiger partial charge is 0.118 e. The van der Waals surface area contributed by atoms with Crippen LogP contribution in [-0.4, -0.2) is 12.1 Å². The Morgan fingerprint density at radius 3 is 2.43 bits per heavy atom. The third kappa shape index (κ3) is 3.73. The van der Waals surface area contributed by atoms with Gasteiger partial charge < -0.3 is 15.8 Å². The molecule has 0 saturated heterocycles. The summed E-state index contributed by atoms with van der Waals surface area (Å²) in [5.41, 5.74) is 9.96. The van der Waals surface area contributed by atoms with E-state index < -0.39 is 0 Å². The van der Waals surface area contributed by atoms with E-state index in [-0.39, 0.29) is 6.04 Å². The number of hydrogen-bond donors (Lipinski definition) is 2. The maximum Gasteiger partial charge on any atom is 0.118 e. The van der Waals surface area contributed by atoms with Gasteiger partial charge in [-0.2, -0.15) is 0 Å². The van der Waals surface area contributed by atoms with Gasteiger partial charge in [0, 0.05) is 17.3 Å². The van der Waals surface area contributed by atoms with Crippen LogP contribution < -0.4 is 15.8 Å². The van der Waals surface area contributed by atoms with Gasteiger partial charge in [-0.1, -0.05) is 36.0 Å². The van der Waals surface area contributed by atoms with Crippen LogP contribution in [-0.2, 0) is 0 Å². The number of benzene rings is 2. The largest absolute Gasteiger partial charge is 0.497 e. The van der Waals surface area contributed by atoms with E-state index in [9.17, 15) is 0 Å². The first-order valence-electron chi connectivity index (χ1n) is 6.82. The minimum Gasteiger partial charge on any atom is -0.497 e. The van der Waals surface area contributed by atoms with Gasteiger partial charge in [0.1, 0.15) is 10.7 Å². The summed E-state index contributed by atoms with van der Waals surface area (Å²) in [5, 5.41) is 3.46. The molecule has 0 radical (unpaired) electrons. The summed E-state index contributed by atoms with van der Waals surface area (Å²) in [6, 6.07) is 14.2. The minimum atomic E-state index is 0.145.